The lowest BCUT2D eigenvalue weighted by Crippen LogP contribution is -2.13. The van der Waals surface area contributed by atoms with Gasteiger partial charge in [0.2, 0.25) is 0 Å². The molecule has 0 saturated heterocycles. The van der Waals surface area contributed by atoms with Crippen LogP contribution < -0.4 is 9.46 Å². The number of phenols is 1. The first-order valence-corrected chi connectivity index (χ1v) is 10.6. The second-order valence-electron chi connectivity index (χ2n) is 6.62. The van der Waals surface area contributed by atoms with Gasteiger partial charge < -0.3 is 14.6 Å². The van der Waals surface area contributed by atoms with E-state index in [1.165, 1.54) is 6.07 Å². The molecule has 0 aromatic heterocycles. The lowest BCUT2D eigenvalue weighted by molar-refractivity contribution is 0.0450. The third kappa shape index (κ3) is 4.23. The number of hydrogen-bond donors (Lipinski definition) is 2. The summed E-state index contributed by atoms with van der Waals surface area (Å²) < 4.78 is 68.4. The van der Waals surface area contributed by atoms with Gasteiger partial charge in [-0.15, -0.1) is 0 Å². The van der Waals surface area contributed by atoms with Gasteiger partial charge in [-0.25, -0.2) is 22.2 Å². The van der Waals surface area contributed by atoms with E-state index in [0.29, 0.717) is 0 Å². The third-order valence-corrected chi connectivity index (χ3v) is 5.93. The molecule has 1 heterocycles. The number of rotatable bonds is 0. The Morgan fingerprint density at radius 1 is 1.00 bits per heavy atom. The van der Waals surface area contributed by atoms with E-state index in [9.17, 15) is 27.3 Å². The summed E-state index contributed by atoms with van der Waals surface area (Å²) in [5.74, 6) is -4.65. The Morgan fingerprint density at radius 2 is 1.75 bits per heavy atom. The van der Waals surface area contributed by atoms with E-state index in [2.05, 4.69) is 4.72 Å². The number of carbonyl (C=O) groups excluding carboxylic acids is 1. The van der Waals surface area contributed by atoms with Gasteiger partial charge in [-0.3, -0.25) is 4.72 Å². The largest absolute Gasteiger partial charge is 0.505 e. The first-order chi connectivity index (χ1) is 15.2. The van der Waals surface area contributed by atoms with Crippen molar-refractivity contribution in [3.05, 3.63) is 70.5 Å². The number of phenolic OH excluding ortho intramolecular Hbond substituents is 1. The quantitative estimate of drug-likeness (QED) is 0.448. The van der Waals surface area contributed by atoms with Gasteiger partial charge in [-0.05, 0) is 48.0 Å². The standard InChI is InChI=1S/C21H13ClF3NO5S/c22-14-5-11-8-18(20(14)27)32(29)26-16-7-10(6-15(24)19(16)25)13-9-12(23)1-2-17(13)30-3-4-31-21(11)28/h1-2,5-9,26-27H,3-4H2. The minimum Gasteiger partial charge on any atom is -0.505 e. The average Bonchev–Trinajstić information content (AvgIpc) is 2.76. The molecule has 4 rings (SSSR count). The summed E-state index contributed by atoms with van der Waals surface area (Å²) in [6.45, 7) is -0.350. The summed E-state index contributed by atoms with van der Waals surface area (Å²) in [7, 11) is -2.37. The summed E-state index contributed by atoms with van der Waals surface area (Å²) >= 11 is 5.92. The predicted molar refractivity (Wildman–Crippen MR) is 111 cm³/mol. The molecule has 1 atom stereocenters. The molecule has 1 unspecified atom stereocenters. The molecule has 1 aliphatic heterocycles. The average molecular weight is 484 g/mol. The number of benzene rings is 3. The molecule has 0 amide bonds. The molecule has 2 N–H and O–H groups in total. The lowest BCUT2D eigenvalue weighted by Gasteiger charge is -2.14. The molecule has 166 valence electrons. The predicted octanol–water partition coefficient (Wildman–Crippen LogP) is 4.81. The smallest absolute Gasteiger partial charge is 0.338 e. The van der Waals surface area contributed by atoms with Crippen LogP contribution in [0, 0.1) is 17.5 Å². The highest BCUT2D eigenvalue weighted by atomic mass is 35.5. The molecule has 3 aromatic rings. The van der Waals surface area contributed by atoms with E-state index in [0.717, 1.165) is 36.4 Å². The van der Waals surface area contributed by atoms with Crippen LogP contribution in [0.1, 0.15) is 10.4 Å². The summed E-state index contributed by atoms with van der Waals surface area (Å²) in [6.07, 6.45) is 0. The topological polar surface area (TPSA) is 84.9 Å². The number of nitrogens with one attached hydrogen (secondary N) is 1. The van der Waals surface area contributed by atoms with Crippen molar-refractivity contribution in [3.8, 4) is 22.6 Å². The second kappa shape index (κ2) is 8.71. The summed E-state index contributed by atoms with van der Waals surface area (Å²) in [4.78, 5) is 12.0. The maximum atomic E-state index is 14.5. The molecule has 32 heavy (non-hydrogen) atoms. The van der Waals surface area contributed by atoms with E-state index in [1.54, 1.807) is 0 Å². The number of esters is 1. The van der Waals surface area contributed by atoms with Crippen molar-refractivity contribution >= 4 is 34.2 Å². The van der Waals surface area contributed by atoms with Crippen molar-refractivity contribution in [2.75, 3.05) is 17.9 Å². The molecule has 0 spiro atoms. The minimum absolute atomic E-state index is 0.0285. The zero-order valence-electron chi connectivity index (χ0n) is 16.0. The van der Waals surface area contributed by atoms with Crippen molar-refractivity contribution < 1.29 is 36.8 Å². The Bertz CT molecular complexity index is 1270. The zero-order chi connectivity index (χ0) is 23.0. The molecular weight excluding hydrogens is 471 g/mol. The van der Waals surface area contributed by atoms with Gasteiger partial charge in [0.1, 0.15) is 29.7 Å². The first kappa shape index (κ1) is 22.0. The van der Waals surface area contributed by atoms with Crippen LogP contribution in [0.25, 0.3) is 11.1 Å². The molecule has 1 aliphatic rings. The lowest BCUT2D eigenvalue weighted by atomic mass is 10.0. The fourth-order valence-electron chi connectivity index (χ4n) is 3.03. The highest BCUT2D eigenvalue weighted by molar-refractivity contribution is 7.86. The van der Waals surface area contributed by atoms with Gasteiger partial charge in [0, 0.05) is 5.56 Å². The monoisotopic (exact) mass is 483 g/mol. The maximum absolute atomic E-state index is 14.5. The van der Waals surface area contributed by atoms with E-state index < -0.39 is 45.8 Å². The molecule has 0 saturated carbocycles. The highest BCUT2D eigenvalue weighted by Gasteiger charge is 2.22. The third-order valence-electron chi connectivity index (χ3n) is 4.52. The number of fused-ring (bicyclic) bond motifs is 6. The fraction of sp³-hybridized carbons (Fsp3) is 0.0952. The molecule has 3 aromatic carbocycles. The van der Waals surface area contributed by atoms with E-state index in [1.807, 2.05) is 0 Å². The molecule has 11 heteroatoms. The van der Waals surface area contributed by atoms with Crippen LogP contribution in [0.4, 0.5) is 18.9 Å². The van der Waals surface area contributed by atoms with Crippen LogP contribution >= 0.6 is 11.6 Å². The normalized spacial score (nSPS) is 16.0. The molecule has 0 fully saturated rings. The number of ether oxygens (including phenoxy) is 2. The first-order valence-electron chi connectivity index (χ1n) is 9.04. The van der Waals surface area contributed by atoms with Gasteiger partial charge in [-0.1, -0.05) is 11.6 Å². The number of carbonyl (C=O) groups is 1. The van der Waals surface area contributed by atoms with Gasteiger partial charge in [-0.2, -0.15) is 0 Å². The molecule has 4 bridgehead atoms. The zero-order valence-corrected chi connectivity index (χ0v) is 17.5. The Balaban J connectivity index is 1.89. The highest BCUT2D eigenvalue weighted by Crippen LogP contribution is 2.36. The van der Waals surface area contributed by atoms with Crippen LogP contribution in [0.3, 0.4) is 0 Å². The van der Waals surface area contributed by atoms with Gasteiger partial charge >= 0.3 is 5.97 Å². The fourth-order valence-corrected chi connectivity index (χ4v) is 4.28. The van der Waals surface area contributed by atoms with Crippen molar-refractivity contribution in [2.45, 2.75) is 4.90 Å². The Kier molecular flexibility index (Phi) is 5.98. The number of cyclic esters (lactones) is 1. The van der Waals surface area contributed by atoms with Crippen LogP contribution in [-0.2, 0) is 15.7 Å². The SMILES string of the molecule is O=C1OCCOc2ccc(F)cc2-c2cc(F)c(F)c(c2)NS(=O)c2cc1cc(Cl)c2O. The number of anilines is 1. The van der Waals surface area contributed by atoms with E-state index in [4.69, 9.17) is 21.1 Å². The Morgan fingerprint density at radius 3 is 2.53 bits per heavy atom. The van der Waals surface area contributed by atoms with Crippen LogP contribution in [0.2, 0.25) is 5.02 Å². The van der Waals surface area contributed by atoms with Crippen LogP contribution in [0.15, 0.2) is 47.4 Å². The number of aromatic hydroxyl groups is 1. The number of hydrogen-bond acceptors (Lipinski definition) is 5. The molecule has 0 aliphatic carbocycles. The van der Waals surface area contributed by atoms with Crippen molar-refractivity contribution in [1.29, 1.82) is 0 Å². The van der Waals surface area contributed by atoms with Crippen LogP contribution in [-0.4, -0.2) is 28.5 Å². The van der Waals surface area contributed by atoms with Crippen molar-refractivity contribution in [1.82, 2.24) is 0 Å². The van der Waals surface area contributed by atoms with Crippen molar-refractivity contribution in [3.63, 3.8) is 0 Å². The molecule has 0 radical (unpaired) electrons. The van der Waals surface area contributed by atoms with E-state index >= 15 is 0 Å². The second-order valence-corrected chi connectivity index (χ2v) is 8.21. The maximum Gasteiger partial charge on any atom is 0.338 e. The molecule has 6 nitrogen and oxygen atoms in total. The van der Waals surface area contributed by atoms with E-state index in [-0.39, 0.29) is 45.6 Å². The van der Waals surface area contributed by atoms with Crippen LogP contribution in [0.5, 0.6) is 11.5 Å². The Hall–Kier alpha value is -3.24. The minimum atomic E-state index is -2.37. The summed E-state index contributed by atoms with van der Waals surface area (Å²) in [5.41, 5.74) is -0.547. The van der Waals surface area contributed by atoms with Gasteiger partial charge in [0.15, 0.2) is 28.4 Å². The Labute approximate surface area is 187 Å². The summed E-state index contributed by atoms with van der Waals surface area (Å²) in [5, 5.41) is 9.88. The van der Waals surface area contributed by atoms with Crippen molar-refractivity contribution in [2.24, 2.45) is 0 Å². The van der Waals surface area contributed by atoms with Gasteiger partial charge in [0.05, 0.1) is 16.3 Å². The molecular formula is C21H13ClF3NO5S. The number of halogens is 4. The summed E-state index contributed by atoms with van der Waals surface area (Å²) in [6, 6.07) is 7.57. The van der Waals surface area contributed by atoms with Gasteiger partial charge in [0.25, 0.3) is 0 Å².